The third-order valence-corrected chi connectivity index (χ3v) is 6.36. The van der Waals surface area contributed by atoms with Gasteiger partial charge in [0.2, 0.25) is 0 Å². The molecule has 2 saturated heterocycles. The molecule has 2 fully saturated rings. The van der Waals surface area contributed by atoms with Crippen molar-refractivity contribution in [2.75, 3.05) is 57.4 Å². The first kappa shape index (κ1) is 25.7. The van der Waals surface area contributed by atoms with Crippen LogP contribution in [-0.4, -0.2) is 84.9 Å². The highest BCUT2D eigenvalue weighted by Crippen LogP contribution is 2.29. The minimum Gasteiger partial charge on any atom is -0.444 e. The van der Waals surface area contributed by atoms with Crippen LogP contribution in [0.3, 0.4) is 0 Å². The van der Waals surface area contributed by atoms with E-state index in [1.807, 2.05) is 31.7 Å². The number of amides is 2. The maximum Gasteiger partial charge on any atom is 0.410 e. The molecule has 190 valence electrons. The zero-order valence-corrected chi connectivity index (χ0v) is 21.5. The molecule has 2 amide bonds. The van der Waals surface area contributed by atoms with Crippen molar-refractivity contribution in [2.24, 2.45) is 0 Å². The largest absolute Gasteiger partial charge is 0.444 e. The van der Waals surface area contributed by atoms with Crippen LogP contribution in [-0.2, 0) is 9.47 Å². The molecule has 1 aromatic heterocycles. The van der Waals surface area contributed by atoms with Gasteiger partial charge in [0.05, 0.1) is 29.4 Å². The number of aromatic nitrogens is 1. The molecule has 2 aromatic rings. The summed E-state index contributed by atoms with van der Waals surface area (Å²) in [5, 5.41) is 10.2. The summed E-state index contributed by atoms with van der Waals surface area (Å²) >= 11 is 6.48. The monoisotopic (exact) mass is 511 g/mol. The number of anilines is 1. The number of carbonyl (C=O) groups is 2. The van der Waals surface area contributed by atoms with Crippen molar-refractivity contribution >= 4 is 29.4 Å². The van der Waals surface area contributed by atoms with E-state index < -0.39 is 5.60 Å². The van der Waals surface area contributed by atoms with Crippen molar-refractivity contribution in [3.05, 3.63) is 46.6 Å². The van der Waals surface area contributed by atoms with Crippen molar-refractivity contribution in [3.8, 4) is 17.2 Å². The standard InChI is InChI=1S/C26H30ClN5O4/c1-26(2,3)36-25(34)32-8-6-30(7-9-32)23-19(16-28)14-20(17-29-23)18-4-5-21(22(27)15-18)24(33)31-10-12-35-13-11-31/h4-5,14-15,17H,6-13H2,1-3H3. The number of rotatable bonds is 3. The van der Waals surface area contributed by atoms with Crippen molar-refractivity contribution in [1.82, 2.24) is 14.8 Å². The van der Waals surface area contributed by atoms with E-state index in [9.17, 15) is 14.9 Å². The molecule has 3 heterocycles. The quantitative estimate of drug-likeness (QED) is 0.618. The summed E-state index contributed by atoms with van der Waals surface area (Å²) in [5.41, 5.74) is 1.83. The van der Waals surface area contributed by atoms with Gasteiger partial charge in [0.25, 0.3) is 5.91 Å². The molecule has 0 bridgehead atoms. The molecule has 2 aliphatic rings. The Kier molecular flexibility index (Phi) is 7.67. The number of nitriles is 1. The van der Waals surface area contributed by atoms with Gasteiger partial charge in [-0.3, -0.25) is 4.79 Å². The van der Waals surface area contributed by atoms with Crippen LogP contribution in [0.4, 0.5) is 10.6 Å². The fourth-order valence-electron chi connectivity index (χ4n) is 4.18. The number of piperazine rings is 1. The van der Waals surface area contributed by atoms with E-state index in [1.165, 1.54) is 0 Å². The molecule has 0 spiro atoms. The van der Waals surface area contributed by atoms with Gasteiger partial charge in [-0.1, -0.05) is 17.7 Å². The zero-order valence-electron chi connectivity index (χ0n) is 20.8. The molecule has 0 unspecified atom stereocenters. The van der Waals surface area contributed by atoms with Crippen LogP contribution in [0.2, 0.25) is 5.02 Å². The van der Waals surface area contributed by atoms with Crippen molar-refractivity contribution in [2.45, 2.75) is 26.4 Å². The fraction of sp³-hybridized carbons (Fsp3) is 0.462. The molecule has 9 nitrogen and oxygen atoms in total. The van der Waals surface area contributed by atoms with Gasteiger partial charge >= 0.3 is 6.09 Å². The summed E-state index contributed by atoms with van der Waals surface area (Å²) in [6, 6.07) is 9.27. The van der Waals surface area contributed by atoms with Gasteiger partial charge in [-0.2, -0.15) is 5.26 Å². The summed E-state index contributed by atoms with van der Waals surface area (Å²) in [6.45, 7) is 9.71. The van der Waals surface area contributed by atoms with Crippen LogP contribution < -0.4 is 4.90 Å². The highest BCUT2D eigenvalue weighted by atomic mass is 35.5. The molecular weight excluding hydrogens is 482 g/mol. The first-order chi connectivity index (χ1) is 17.2. The number of morpholine rings is 1. The van der Waals surface area contributed by atoms with Crippen molar-refractivity contribution < 1.29 is 19.1 Å². The number of hydrogen-bond donors (Lipinski definition) is 0. The highest BCUT2D eigenvalue weighted by Gasteiger charge is 2.27. The first-order valence-electron chi connectivity index (χ1n) is 12.0. The number of benzene rings is 1. The van der Waals surface area contributed by atoms with E-state index >= 15 is 0 Å². The lowest BCUT2D eigenvalue weighted by Crippen LogP contribution is -2.50. The van der Waals surface area contributed by atoms with E-state index in [0.717, 1.165) is 11.1 Å². The molecule has 0 aliphatic carbocycles. The second kappa shape index (κ2) is 10.7. The predicted molar refractivity (Wildman–Crippen MR) is 136 cm³/mol. The fourth-order valence-corrected chi connectivity index (χ4v) is 4.44. The second-order valence-corrected chi connectivity index (χ2v) is 10.2. The van der Waals surface area contributed by atoms with E-state index in [1.54, 1.807) is 34.2 Å². The Hall–Kier alpha value is -3.35. The van der Waals surface area contributed by atoms with Crippen LogP contribution in [0.1, 0.15) is 36.7 Å². The Morgan fingerprint density at radius 2 is 1.72 bits per heavy atom. The predicted octanol–water partition coefficient (Wildman–Crippen LogP) is 3.80. The Balaban J connectivity index is 1.47. The van der Waals surface area contributed by atoms with Crippen molar-refractivity contribution in [3.63, 3.8) is 0 Å². The lowest BCUT2D eigenvalue weighted by molar-refractivity contribution is 0.0240. The molecule has 2 aliphatic heterocycles. The molecule has 36 heavy (non-hydrogen) atoms. The van der Waals surface area contributed by atoms with Gasteiger partial charge in [0.15, 0.2) is 0 Å². The van der Waals surface area contributed by atoms with Crippen molar-refractivity contribution in [1.29, 1.82) is 5.26 Å². The first-order valence-corrected chi connectivity index (χ1v) is 12.3. The Morgan fingerprint density at radius 1 is 1.03 bits per heavy atom. The third kappa shape index (κ3) is 5.89. The second-order valence-electron chi connectivity index (χ2n) is 9.76. The minimum absolute atomic E-state index is 0.119. The maximum absolute atomic E-state index is 12.8. The number of ether oxygens (including phenoxy) is 2. The number of hydrogen-bond acceptors (Lipinski definition) is 7. The van der Waals surface area contributed by atoms with Gasteiger partial charge in [-0.15, -0.1) is 0 Å². The van der Waals surface area contributed by atoms with Gasteiger partial charge < -0.3 is 24.2 Å². The SMILES string of the molecule is CC(C)(C)OC(=O)N1CCN(c2ncc(-c3ccc(C(=O)N4CCOCC4)c(Cl)c3)cc2C#N)CC1. The van der Waals surface area contributed by atoms with E-state index in [4.69, 9.17) is 21.1 Å². The number of carbonyl (C=O) groups excluding carboxylic acids is 2. The van der Waals surface area contributed by atoms with E-state index in [2.05, 4.69) is 11.1 Å². The van der Waals surface area contributed by atoms with Crippen LogP contribution >= 0.6 is 11.6 Å². The lowest BCUT2D eigenvalue weighted by Gasteiger charge is -2.36. The molecule has 0 atom stereocenters. The summed E-state index contributed by atoms with van der Waals surface area (Å²) in [7, 11) is 0. The Labute approximate surface area is 216 Å². The van der Waals surface area contributed by atoms with Gasteiger partial charge in [-0.25, -0.2) is 9.78 Å². The van der Waals surface area contributed by atoms with Gasteiger partial charge in [0, 0.05) is 51.0 Å². The molecule has 1 aromatic carbocycles. The normalized spacial score (nSPS) is 16.5. The number of halogens is 1. The lowest BCUT2D eigenvalue weighted by atomic mass is 10.0. The summed E-state index contributed by atoms with van der Waals surface area (Å²) in [4.78, 5) is 35.1. The van der Waals surface area contributed by atoms with Crippen LogP contribution in [0.25, 0.3) is 11.1 Å². The average Bonchev–Trinajstić information content (AvgIpc) is 2.87. The molecule has 0 saturated carbocycles. The average molecular weight is 512 g/mol. The minimum atomic E-state index is -0.545. The number of pyridine rings is 1. The molecule has 0 radical (unpaired) electrons. The maximum atomic E-state index is 12.8. The van der Waals surface area contributed by atoms with Crippen LogP contribution in [0.15, 0.2) is 30.5 Å². The highest BCUT2D eigenvalue weighted by molar-refractivity contribution is 6.34. The Bertz CT molecular complexity index is 1180. The number of nitrogens with zero attached hydrogens (tertiary/aromatic N) is 5. The zero-order chi connectivity index (χ0) is 25.9. The summed E-state index contributed by atoms with van der Waals surface area (Å²) in [6.07, 6.45) is 1.37. The summed E-state index contributed by atoms with van der Waals surface area (Å²) in [5.74, 6) is 0.460. The summed E-state index contributed by atoms with van der Waals surface area (Å²) < 4.78 is 10.8. The third-order valence-electron chi connectivity index (χ3n) is 6.05. The molecule has 0 N–H and O–H groups in total. The van der Waals surface area contributed by atoms with Crippen LogP contribution in [0, 0.1) is 11.3 Å². The molecular formula is C26H30ClN5O4. The van der Waals surface area contributed by atoms with Gasteiger partial charge in [-0.05, 0) is 44.5 Å². The Morgan fingerprint density at radius 3 is 2.33 bits per heavy atom. The van der Waals surface area contributed by atoms with E-state index in [-0.39, 0.29) is 12.0 Å². The molecule has 10 heteroatoms. The van der Waals surface area contributed by atoms with E-state index in [0.29, 0.717) is 74.4 Å². The topological polar surface area (TPSA) is 99.0 Å². The van der Waals surface area contributed by atoms with Crippen LogP contribution in [0.5, 0.6) is 0 Å². The smallest absolute Gasteiger partial charge is 0.410 e. The molecule has 4 rings (SSSR count). The van der Waals surface area contributed by atoms with Gasteiger partial charge in [0.1, 0.15) is 17.5 Å².